The minimum Gasteiger partial charge on any atom is -0.397 e. The minimum atomic E-state index is -0.0898. The van der Waals surface area contributed by atoms with Gasteiger partial charge in [-0.3, -0.25) is 4.79 Å². The molecule has 2 aromatic rings. The Balaban J connectivity index is 2.48. The smallest absolute Gasteiger partial charge is 0.266 e. The fourth-order valence-electron chi connectivity index (χ4n) is 1.70. The molecular weight excluding hydrogens is 246 g/mol. The minimum absolute atomic E-state index is 0.0898. The lowest BCUT2D eigenvalue weighted by molar-refractivity contribution is 0.0816. The van der Waals surface area contributed by atoms with Crippen molar-refractivity contribution in [2.24, 2.45) is 0 Å². The van der Waals surface area contributed by atoms with Crippen molar-refractivity contribution < 1.29 is 4.79 Å². The summed E-state index contributed by atoms with van der Waals surface area (Å²) in [7, 11) is 1.73. The van der Waals surface area contributed by atoms with Crippen LogP contribution in [0.15, 0.2) is 24.8 Å². The molecule has 0 saturated heterocycles. The Kier molecular flexibility index (Phi) is 3.34. The summed E-state index contributed by atoms with van der Waals surface area (Å²) in [6, 6.07) is 3.81. The highest BCUT2D eigenvalue weighted by molar-refractivity contribution is 7.21. The van der Waals surface area contributed by atoms with Gasteiger partial charge in [0.05, 0.1) is 5.69 Å². The van der Waals surface area contributed by atoms with Crippen molar-refractivity contribution in [3.8, 4) is 0 Å². The molecule has 2 rings (SSSR count). The van der Waals surface area contributed by atoms with Gasteiger partial charge in [0.15, 0.2) is 0 Å². The summed E-state index contributed by atoms with van der Waals surface area (Å²) in [5.41, 5.74) is 7.46. The van der Waals surface area contributed by atoms with Gasteiger partial charge >= 0.3 is 0 Å². The van der Waals surface area contributed by atoms with E-state index in [-0.39, 0.29) is 5.91 Å². The standard InChI is InChI=1S/C13H15N3OS/c1-4-7-16(3)13(17)11-10(14)9-6-5-8(2)15-12(9)18-11/h4-6H,1,7,14H2,2-3H3. The Labute approximate surface area is 110 Å². The molecule has 0 aliphatic heterocycles. The number of likely N-dealkylation sites (N-methyl/N-ethyl adjacent to an activating group) is 1. The first-order valence-electron chi connectivity index (χ1n) is 5.56. The van der Waals surface area contributed by atoms with Crippen LogP contribution in [0.4, 0.5) is 5.69 Å². The Morgan fingerprint density at radius 1 is 1.61 bits per heavy atom. The van der Waals surface area contributed by atoms with Crippen molar-refractivity contribution in [2.45, 2.75) is 6.92 Å². The number of nitrogen functional groups attached to an aromatic ring is 1. The average molecular weight is 261 g/mol. The number of aromatic nitrogens is 1. The third kappa shape index (κ3) is 2.09. The SMILES string of the molecule is C=CCN(C)C(=O)c1sc2nc(C)ccc2c1N. The number of carbonyl (C=O) groups is 1. The average Bonchev–Trinajstić information content (AvgIpc) is 2.65. The number of amides is 1. The highest BCUT2D eigenvalue weighted by Gasteiger charge is 2.19. The first-order valence-corrected chi connectivity index (χ1v) is 6.38. The Morgan fingerprint density at radius 3 is 3.00 bits per heavy atom. The molecule has 4 nitrogen and oxygen atoms in total. The second-order valence-corrected chi connectivity index (χ2v) is 5.12. The number of thiophene rings is 1. The van der Waals surface area contributed by atoms with E-state index in [4.69, 9.17) is 5.73 Å². The zero-order valence-corrected chi connectivity index (χ0v) is 11.3. The molecular formula is C13H15N3OS. The number of rotatable bonds is 3. The van der Waals surface area contributed by atoms with Crippen LogP contribution < -0.4 is 5.73 Å². The van der Waals surface area contributed by atoms with Gasteiger partial charge in [-0.25, -0.2) is 4.98 Å². The van der Waals surface area contributed by atoms with Crippen LogP contribution in [0.5, 0.6) is 0 Å². The fraction of sp³-hybridized carbons (Fsp3) is 0.231. The van der Waals surface area contributed by atoms with Crippen molar-refractivity contribution in [1.29, 1.82) is 0 Å². The maximum absolute atomic E-state index is 12.2. The quantitative estimate of drug-likeness (QED) is 0.863. The second kappa shape index (κ2) is 4.78. The summed E-state index contributed by atoms with van der Waals surface area (Å²) in [6.07, 6.45) is 1.68. The van der Waals surface area contributed by atoms with Crippen LogP contribution in [0, 0.1) is 6.92 Å². The molecule has 0 aromatic carbocycles. The van der Waals surface area contributed by atoms with Gasteiger partial charge in [-0.15, -0.1) is 17.9 Å². The van der Waals surface area contributed by atoms with Crippen molar-refractivity contribution in [3.63, 3.8) is 0 Å². The third-order valence-electron chi connectivity index (χ3n) is 2.68. The van der Waals surface area contributed by atoms with Crippen molar-refractivity contribution in [3.05, 3.63) is 35.4 Å². The molecule has 0 fully saturated rings. The molecule has 0 unspecified atom stereocenters. The van der Waals surface area contributed by atoms with Crippen molar-refractivity contribution >= 4 is 33.1 Å². The number of carbonyl (C=O) groups excluding carboxylic acids is 1. The number of hydrogen-bond donors (Lipinski definition) is 1. The van der Waals surface area contributed by atoms with Gasteiger partial charge in [-0.2, -0.15) is 0 Å². The van der Waals surface area contributed by atoms with Crippen LogP contribution >= 0.6 is 11.3 Å². The highest BCUT2D eigenvalue weighted by Crippen LogP contribution is 2.33. The third-order valence-corrected chi connectivity index (χ3v) is 3.78. The van der Waals surface area contributed by atoms with E-state index in [1.807, 2.05) is 19.1 Å². The van der Waals surface area contributed by atoms with E-state index in [0.29, 0.717) is 17.1 Å². The lowest BCUT2D eigenvalue weighted by Gasteiger charge is -2.13. The number of hydrogen-bond acceptors (Lipinski definition) is 4. The van der Waals surface area contributed by atoms with Gasteiger partial charge in [-0.1, -0.05) is 6.08 Å². The maximum Gasteiger partial charge on any atom is 0.266 e. The molecule has 0 atom stereocenters. The number of nitrogens with zero attached hydrogens (tertiary/aromatic N) is 2. The predicted molar refractivity (Wildman–Crippen MR) is 75.9 cm³/mol. The molecule has 5 heteroatoms. The Morgan fingerprint density at radius 2 is 2.33 bits per heavy atom. The molecule has 2 aromatic heterocycles. The number of pyridine rings is 1. The lowest BCUT2D eigenvalue weighted by Crippen LogP contribution is -2.26. The number of nitrogens with two attached hydrogens (primary N) is 1. The van der Waals surface area contributed by atoms with Gasteiger partial charge in [0.1, 0.15) is 9.71 Å². The molecule has 0 saturated carbocycles. The van der Waals surface area contributed by atoms with E-state index in [1.54, 1.807) is 18.0 Å². The van der Waals surface area contributed by atoms with Crippen LogP contribution in [-0.4, -0.2) is 29.4 Å². The zero-order chi connectivity index (χ0) is 13.3. The van der Waals surface area contributed by atoms with Gasteiger partial charge in [-0.05, 0) is 19.1 Å². The fourth-order valence-corrected chi connectivity index (χ4v) is 2.83. The Hall–Kier alpha value is -1.88. The van der Waals surface area contributed by atoms with Crippen LogP contribution in [0.1, 0.15) is 15.4 Å². The zero-order valence-electron chi connectivity index (χ0n) is 10.4. The molecule has 0 bridgehead atoms. The predicted octanol–water partition coefficient (Wildman–Crippen LogP) is 2.44. The molecule has 1 amide bonds. The van der Waals surface area contributed by atoms with Crippen LogP contribution in [0.3, 0.4) is 0 Å². The molecule has 2 heterocycles. The van der Waals surface area contributed by atoms with E-state index >= 15 is 0 Å². The summed E-state index contributed by atoms with van der Waals surface area (Å²) in [5, 5.41) is 0.848. The molecule has 0 aliphatic carbocycles. The summed E-state index contributed by atoms with van der Waals surface area (Å²) in [6.45, 7) is 6.04. The van der Waals surface area contributed by atoms with Crippen LogP contribution in [0.2, 0.25) is 0 Å². The first kappa shape index (κ1) is 12.6. The summed E-state index contributed by atoms with van der Waals surface area (Å²) in [5.74, 6) is -0.0898. The van der Waals surface area contributed by atoms with E-state index in [0.717, 1.165) is 15.9 Å². The molecule has 94 valence electrons. The molecule has 0 aliphatic rings. The van der Waals surface area contributed by atoms with Gasteiger partial charge in [0.2, 0.25) is 0 Å². The number of anilines is 1. The molecule has 0 spiro atoms. The van der Waals surface area contributed by atoms with Crippen molar-refractivity contribution in [1.82, 2.24) is 9.88 Å². The summed E-state index contributed by atoms with van der Waals surface area (Å²) in [4.78, 5) is 19.5. The van der Waals surface area contributed by atoms with E-state index in [1.165, 1.54) is 11.3 Å². The van der Waals surface area contributed by atoms with E-state index in [2.05, 4.69) is 11.6 Å². The highest BCUT2D eigenvalue weighted by atomic mass is 32.1. The number of aryl methyl sites for hydroxylation is 1. The Bertz CT molecular complexity index is 618. The first-order chi connectivity index (χ1) is 8.54. The van der Waals surface area contributed by atoms with Crippen LogP contribution in [-0.2, 0) is 0 Å². The molecule has 2 N–H and O–H groups in total. The van der Waals surface area contributed by atoms with Gasteiger partial charge < -0.3 is 10.6 Å². The molecule has 18 heavy (non-hydrogen) atoms. The maximum atomic E-state index is 12.2. The van der Waals surface area contributed by atoms with E-state index < -0.39 is 0 Å². The summed E-state index contributed by atoms with van der Waals surface area (Å²) < 4.78 is 0. The van der Waals surface area contributed by atoms with Gasteiger partial charge in [0, 0.05) is 24.7 Å². The monoisotopic (exact) mass is 261 g/mol. The summed E-state index contributed by atoms with van der Waals surface area (Å²) >= 11 is 1.34. The second-order valence-electron chi connectivity index (χ2n) is 4.12. The van der Waals surface area contributed by atoms with E-state index in [9.17, 15) is 4.79 Å². The normalized spacial score (nSPS) is 10.6. The topological polar surface area (TPSA) is 59.2 Å². The van der Waals surface area contributed by atoms with Crippen LogP contribution in [0.25, 0.3) is 10.2 Å². The molecule has 0 radical (unpaired) electrons. The van der Waals surface area contributed by atoms with Crippen molar-refractivity contribution in [2.75, 3.05) is 19.3 Å². The van der Waals surface area contributed by atoms with Gasteiger partial charge in [0.25, 0.3) is 5.91 Å². The largest absolute Gasteiger partial charge is 0.397 e. The lowest BCUT2D eigenvalue weighted by atomic mass is 10.2. The number of fused-ring (bicyclic) bond motifs is 1.